The van der Waals surface area contributed by atoms with Crippen LogP contribution in [0.1, 0.15) is 6.92 Å². The van der Waals surface area contributed by atoms with Crippen LogP contribution >= 0.6 is 0 Å². The third-order valence-corrected chi connectivity index (χ3v) is 1.83. The molecule has 6 heteroatoms. The molecule has 1 aromatic rings. The zero-order chi connectivity index (χ0) is 12.1. The number of nitrogens with one attached hydrogen (secondary N) is 2. The zero-order valence-electron chi connectivity index (χ0n) is 8.86. The van der Waals surface area contributed by atoms with E-state index in [-0.39, 0.29) is 5.91 Å². The maximum atomic E-state index is 11.2. The summed E-state index contributed by atoms with van der Waals surface area (Å²) in [6.45, 7) is 1.60. The lowest BCUT2D eigenvalue weighted by molar-refractivity contribution is -0.117. The van der Waals surface area contributed by atoms with Gasteiger partial charge in [-0.3, -0.25) is 4.79 Å². The maximum Gasteiger partial charge on any atom is 0.316 e. The van der Waals surface area contributed by atoms with Crippen molar-refractivity contribution in [3.05, 3.63) is 24.3 Å². The summed E-state index contributed by atoms with van der Waals surface area (Å²) in [6, 6.07) is 5.34. The zero-order valence-corrected chi connectivity index (χ0v) is 8.86. The molecule has 0 saturated heterocycles. The number of hydrogen-bond acceptors (Lipinski definition) is 3. The lowest BCUT2D eigenvalue weighted by Gasteiger charge is -2.08. The van der Waals surface area contributed by atoms with Gasteiger partial charge in [-0.2, -0.15) is 0 Å². The minimum atomic E-state index is -0.632. The molecule has 1 aromatic carbocycles. The second-order valence-corrected chi connectivity index (χ2v) is 3.34. The fraction of sp³-hybridized carbons (Fsp3) is 0.200. The van der Waals surface area contributed by atoms with E-state index in [2.05, 4.69) is 10.6 Å². The van der Waals surface area contributed by atoms with E-state index in [0.717, 1.165) is 0 Å². The molecule has 1 atom stereocenters. The van der Waals surface area contributed by atoms with Crippen LogP contribution in [0.2, 0.25) is 0 Å². The summed E-state index contributed by atoms with van der Waals surface area (Å²) in [7, 11) is 0. The molecule has 0 heterocycles. The second-order valence-electron chi connectivity index (χ2n) is 3.34. The van der Waals surface area contributed by atoms with Crippen molar-refractivity contribution in [2.24, 2.45) is 11.5 Å². The summed E-state index contributed by atoms with van der Waals surface area (Å²) in [5.74, 6) is -0.268. The fourth-order valence-corrected chi connectivity index (χ4v) is 1.04. The van der Waals surface area contributed by atoms with Gasteiger partial charge < -0.3 is 22.1 Å². The Labute approximate surface area is 93.0 Å². The van der Waals surface area contributed by atoms with Crippen LogP contribution in [0.3, 0.4) is 0 Å². The molecule has 0 spiro atoms. The molecule has 6 N–H and O–H groups in total. The number of rotatable bonds is 3. The first-order chi connectivity index (χ1) is 7.49. The topological polar surface area (TPSA) is 110 Å². The largest absolute Gasteiger partial charge is 0.351 e. The Morgan fingerprint density at radius 3 is 1.94 bits per heavy atom. The van der Waals surface area contributed by atoms with E-state index in [1.54, 1.807) is 31.2 Å². The molecule has 0 aliphatic heterocycles. The van der Waals surface area contributed by atoms with E-state index >= 15 is 0 Å². The van der Waals surface area contributed by atoms with Crippen LogP contribution in [0, 0.1) is 0 Å². The molecule has 86 valence electrons. The van der Waals surface area contributed by atoms with Gasteiger partial charge >= 0.3 is 6.03 Å². The summed E-state index contributed by atoms with van der Waals surface area (Å²) >= 11 is 0. The highest BCUT2D eigenvalue weighted by atomic mass is 16.2. The summed E-state index contributed by atoms with van der Waals surface area (Å²) in [6.07, 6.45) is 0. The van der Waals surface area contributed by atoms with E-state index in [9.17, 15) is 9.59 Å². The molecule has 0 aliphatic carbocycles. The Hall–Kier alpha value is -2.08. The maximum absolute atomic E-state index is 11.2. The molecular formula is C10H14N4O2. The van der Waals surface area contributed by atoms with Crippen molar-refractivity contribution < 1.29 is 9.59 Å². The van der Waals surface area contributed by atoms with Crippen LogP contribution in [-0.2, 0) is 4.79 Å². The van der Waals surface area contributed by atoms with Gasteiger partial charge in [0.2, 0.25) is 5.91 Å². The molecule has 0 saturated carbocycles. The van der Waals surface area contributed by atoms with Gasteiger partial charge in [-0.1, -0.05) is 0 Å². The van der Waals surface area contributed by atoms with Crippen LogP contribution in [0.15, 0.2) is 24.3 Å². The van der Waals surface area contributed by atoms with Gasteiger partial charge in [-0.05, 0) is 31.2 Å². The fourth-order valence-electron chi connectivity index (χ4n) is 1.04. The van der Waals surface area contributed by atoms with Crippen molar-refractivity contribution in [1.29, 1.82) is 0 Å². The Balaban J connectivity index is 2.64. The van der Waals surface area contributed by atoms with Crippen LogP contribution in [0.4, 0.5) is 16.2 Å². The first-order valence-electron chi connectivity index (χ1n) is 4.72. The smallest absolute Gasteiger partial charge is 0.316 e. The SMILES string of the molecule is CC(N)C(=O)Nc1ccc(NC(N)=O)cc1. The first kappa shape index (κ1) is 12.0. The van der Waals surface area contributed by atoms with Gasteiger partial charge in [-0.25, -0.2) is 4.79 Å². The Kier molecular flexibility index (Phi) is 3.84. The lowest BCUT2D eigenvalue weighted by atomic mass is 10.2. The standard InChI is InChI=1S/C10H14N4O2/c1-6(11)9(15)13-7-2-4-8(5-3-7)14-10(12)16/h2-6H,11H2,1H3,(H,13,15)(H3,12,14,16). The molecule has 0 radical (unpaired) electrons. The Morgan fingerprint density at radius 2 is 1.56 bits per heavy atom. The van der Waals surface area contributed by atoms with Crippen molar-refractivity contribution in [3.8, 4) is 0 Å². The van der Waals surface area contributed by atoms with Crippen molar-refractivity contribution in [2.45, 2.75) is 13.0 Å². The highest BCUT2D eigenvalue weighted by Gasteiger charge is 2.06. The Bertz CT molecular complexity index is 386. The van der Waals surface area contributed by atoms with Crippen LogP contribution < -0.4 is 22.1 Å². The van der Waals surface area contributed by atoms with Gasteiger partial charge in [0, 0.05) is 11.4 Å². The third kappa shape index (κ3) is 3.58. The molecule has 3 amide bonds. The predicted molar refractivity (Wildman–Crippen MR) is 61.9 cm³/mol. The summed E-state index contributed by atoms with van der Waals surface area (Å²) in [4.78, 5) is 21.8. The Morgan fingerprint density at radius 1 is 1.12 bits per heavy atom. The van der Waals surface area contributed by atoms with E-state index < -0.39 is 12.1 Å². The molecule has 0 bridgehead atoms. The van der Waals surface area contributed by atoms with Crippen LogP contribution in [-0.4, -0.2) is 18.0 Å². The predicted octanol–water partition coefficient (Wildman–Crippen LogP) is 0.463. The number of anilines is 2. The highest BCUT2D eigenvalue weighted by Crippen LogP contribution is 2.13. The summed E-state index contributed by atoms with van der Waals surface area (Å²) < 4.78 is 0. The lowest BCUT2D eigenvalue weighted by Crippen LogP contribution is -2.32. The highest BCUT2D eigenvalue weighted by molar-refractivity contribution is 5.94. The number of carbonyl (C=O) groups is 2. The van der Waals surface area contributed by atoms with Gasteiger partial charge in [0.25, 0.3) is 0 Å². The molecule has 6 nitrogen and oxygen atoms in total. The molecule has 0 aromatic heterocycles. The van der Waals surface area contributed by atoms with E-state index in [1.807, 2.05) is 0 Å². The van der Waals surface area contributed by atoms with E-state index in [0.29, 0.717) is 11.4 Å². The van der Waals surface area contributed by atoms with Crippen molar-refractivity contribution in [2.75, 3.05) is 10.6 Å². The average molecular weight is 222 g/mol. The van der Waals surface area contributed by atoms with Crippen molar-refractivity contribution >= 4 is 23.3 Å². The average Bonchev–Trinajstić information content (AvgIpc) is 2.20. The molecule has 16 heavy (non-hydrogen) atoms. The second kappa shape index (κ2) is 5.13. The summed E-state index contributed by atoms with van der Waals surface area (Å²) in [5, 5.41) is 5.02. The number of benzene rings is 1. The quantitative estimate of drug-likeness (QED) is 0.596. The van der Waals surface area contributed by atoms with E-state index in [4.69, 9.17) is 11.5 Å². The number of primary amides is 1. The third-order valence-electron chi connectivity index (χ3n) is 1.83. The number of nitrogens with two attached hydrogens (primary N) is 2. The van der Waals surface area contributed by atoms with Crippen molar-refractivity contribution in [3.63, 3.8) is 0 Å². The van der Waals surface area contributed by atoms with Gasteiger partial charge in [0.1, 0.15) is 0 Å². The number of carbonyl (C=O) groups excluding carboxylic acids is 2. The number of urea groups is 1. The van der Waals surface area contributed by atoms with Gasteiger partial charge in [-0.15, -0.1) is 0 Å². The first-order valence-corrected chi connectivity index (χ1v) is 4.72. The van der Waals surface area contributed by atoms with Gasteiger partial charge in [0.05, 0.1) is 6.04 Å². The van der Waals surface area contributed by atoms with Crippen LogP contribution in [0.25, 0.3) is 0 Å². The number of amides is 3. The normalized spacial score (nSPS) is 11.6. The molecule has 0 aliphatic rings. The number of hydrogen-bond donors (Lipinski definition) is 4. The van der Waals surface area contributed by atoms with E-state index in [1.165, 1.54) is 0 Å². The minimum Gasteiger partial charge on any atom is -0.351 e. The minimum absolute atomic E-state index is 0.268. The monoisotopic (exact) mass is 222 g/mol. The van der Waals surface area contributed by atoms with Crippen LogP contribution in [0.5, 0.6) is 0 Å². The van der Waals surface area contributed by atoms with Gasteiger partial charge in [0.15, 0.2) is 0 Å². The molecule has 1 unspecified atom stereocenters. The molecule has 1 rings (SSSR count). The molecule has 0 fully saturated rings. The summed E-state index contributed by atoms with van der Waals surface area (Å²) in [5.41, 5.74) is 11.5. The van der Waals surface area contributed by atoms with Crippen molar-refractivity contribution in [1.82, 2.24) is 0 Å². The molecular weight excluding hydrogens is 208 g/mol.